The molecule has 0 saturated heterocycles. The quantitative estimate of drug-likeness (QED) is 0.681. The molecule has 3 rings (SSSR count). The molecule has 0 aliphatic carbocycles. The van der Waals surface area contributed by atoms with Crippen molar-refractivity contribution in [3.63, 3.8) is 0 Å². The Balaban J connectivity index is 2.14. The third-order valence-electron chi connectivity index (χ3n) is 3.48. The molecule has 1 aromatic heterocycles. The first-order valence-electron chi connectivity index (χ1n) is 7.14. The zero-order valence-electron chi connectivity index (χ0n) is 12.3. The van der Waals surface area contributed by atoms with E-state index in [9.17, 15) is 5.26 Å². The van der Waals surface area contributed by atoms with E-state index in [4.69, 9.17) is 10.8 Å². The molecule has 4 N–H and O–H groups in total. The second kappa shape index (κ2) is 6.30. The van der Waals surface area contributed by atoms with Crippen LogP contribution in [0.15, 0.2) is 42.5 Å². The summed E-state index contributed by atoms with van der Waals surface area (Å²) in [7, 11) is 0. The maximum Gasteiger partial charge on any atom is 0.222 e. The summed E-state index contributed by atoms with van der Waals surface area (Å²) in [4.78, 5) is 8.43. The summed E-state index contributed by atoms with van der Waals surface area (Å²) in [6.07, 6.45) is 0. The van der Waals surface area contributed by atoms with Gasteiger partial charge in [0.1, 0.15) is 5.82 Å². The number of nitrogens with zero attached hydrogens (tertiary/aromatic N) is 3. The van der Waals surface area contributed by atoms with Crippen LogP contribution < -0.4 is 11.1 Å². The molecule has 23 heavy (non-hydrogen) atoms. The van der Waals surface area contributed by atoms with Gasteiger partial charge in [0.05, 0.1) is 23.8 Å². The number of hydrogen-bond acceptors (Lipinski definition) is 6. The number of nitriles is 1. The molecule has 0 spiro atoms. The molecule has 0 fully saturated rings. The Kier molecular flexibility index (Phi) is 4.04. The number of benzene rings is 2. The zero-order chi connectivity index (χ0) is 16.2. The van der Waals surface area contributed by atoms with Gasteiger partial charge in [0.2, 0.25) is 5.95 Å². The molecule has 0 unspecified atom stereocenters. The van der Waals surface area contributed by atoms with Crippen molar-refractivity contribution in [1.29, 1.82) is 5.26 Å². The van der Waals surface area contributed by atoms with Gasteiger partial charge in [-0.3, -0.25) is 0 Å². The van der Waals surface area contributed by atoms with E-state index >= 15 is 0 Å². The van der Waals surface area contributed by atoms with Crippen molar-refractivity contribution in [3.8, 4) is 17.2 Å². The number of hydrogen-bond donors (Lipinski definition) is 3. The van der Waals surface area contributed by atoms with E-state index in [-0.39, 0.29) is 12.6 Å². The maximum absolute atomic E-state index is 9.25. The second-order valence-electron chi connectivity index (χ2n) is 4.97. The Hall–Kier alpha value is -3.17. The van der Waals surface area contributed by atoms with Crippen molar-refractivity contribution < 1.29 is 5.11 Å². The lowest BCUT2D eigenvalue weighted by molar-refractivity contribution is 0.311. The smallest absolute Gasteiger partial charge is 0.222 e. The predicted molar refractivity (Wildman–Crippen MR) is 89.7 cm³/mol. The standard InChI is InChI=1S/C17H15N5O/c18-10-12-3-1-2-4-13(12)11-5-6-14-15(9-11)21-17(19)22-16(14)20-7-8-23/h1-6,9,23H,7-8H2,(H3,19,20,21,22). The van der Waals surface area contributed by atoms with Crippen molar-refractivity contribution in [2.24, 2.45) is 0 Å². The lowest BCUT2D eigenvalue weighted by atomic mass is 9.99. The second-order valence-corrected chi connectivity index (χ2v) is 4.97. The molecular formula is C17H15N5O. The monoisotopic (exact) mass is 305 g/mol. The summed E-state index contributed by atoms with van der Waals surface area (Å²) in [6, 6.07) is 15.3. The van der Waals surface area contributed by atoms with Gasteiger partial charge in [-0.2, -0.15) is 10.2 Å². The Morgan fingerprint density at radius 1 is 1.17 bits per heavy atom. The van der Waals surface area contributed by atoms with Crippen LogP contribution in [0.5, 0.6) is 0 Å². The summed E-state index contributed by atoms with van der Waals surface area (Å²) in [5, 5.41) is 22.0. The molecule has 6 nitrogen and oxygen atoms in total. The highest BCUT2D eigenvalue weighted by atomic mass is 16.3. The zero-order valence-corrected chi connectivity index (χ0v) is 12.3. The minimum Gasteiger partial charge on any atom is -0.395 e. The molecule has 0 radical (unpaired) electrons. The first-order valence-corrected chi connectivity index (χ1v) is 7.14. The molecule has 0 amide bonds. The van der Waals surface area contributed by atoms with Gasteiger partial charge in [0.15, 0.2) is 0 Å². The number of aromatic nitrogens is 2. The van der Waals surface area contributed by atoms with Gasteiger partial charge >= 0.3 is 0 Å². The van der Waals surface area contributed by atoms with Crippen LogP contribution >= 0.6 is 0 Å². The highest BCUT2D eigenvalue weighted by Gasteiger charge is 2.09. The van der Waals surface area contributed by atoms with Gasteiger partial charge in [-0.25, -0.2) is 4.98 Å². The van der Waals surface area contributed by atoms with E-state index in [2.05, 4.69) is 21.4 Å². The average Bonchev–Trinajstić information content (AvgIpc) is 2.58. The molecule has 114 valence electrons. The highest BCUT2D eigenvalue weighted by Crippen LogP contribution is 2.29. The van der Waals surface area contributed by atoms with Crippen LogP contribution in [0.4, 0.5) is 11.8 Å². The summed E-state index contributed by atoms with van der Waals surface area (Å²) in [5.41, 5.74) is 8.79. The maximum atomic E-state index is 9.25. The van der Waals surface area contributed by atoms with Gasteiger partial charge < -0.3 is 16.2 Å². The number of fused-ring (bicyclic) bond motifs is 1. The number of aliphatic hydroxyl groups is 1. The SMILES string of the molecule is N#Cc1ccccc1-c1ccc2c(NCCO)nc(N)nc2c1. The van der Waals surface area contributed by atoms with Gasteiger partial charge in [-0.1, -0.05) is 24.3 Å². The number of anilines is 2. The fourth-order valence-corrected chi connectivity index (χ4v) is 2.46. The Bertz CT molecular complexity index is 901. The third kappa shape index (κ3) is 2.91. The normalized spacial score (nSPS) is 10.4. The minimum absolute atomic E-state index is 0.000963. The van der Waals surface area contributed by atoms with E-state index in [1.165, 1.54) is 0 Å². The van der Waals surface area contributed by atoms with Crippen LogP contribution in [-0.2, 0) is 0 Å². The van der Waals surface area contributed by atoms with Crippen LogP contribution in [0.3, 0.4) is 0 Å². The molecular weight excluding hydrogens is 290 g/mol. The van der Waals surface area contributed by atoms with Crippen LogP contribution in [-0.4, -0.2) is 28.2 Å². The number of nitrogen functional groups attached to an aromatic ring is 1. The fourth-order valence-electron chi connectivity index (χ4n) is 2.46. The fraction of sp³-hybridized carbons (Fsp3) is 0.118. The molecule has 3 aromatic rings. The van der Waals surface area contributed by atoms with E-state index in [0.717, 1.165) is 16.5 Å². The summed E-state index contributed by atoms with van der Waals surface area (Å²) < 4.78 is 0. The van der Waals surface area contributed by atoms with Gasteiger partial charge in [0, 0.05) is 11.9 Å². The predicted octanol–water partition coefficient (Wildman–Crippen LogP) is 2.15. The molecule has 1 heterocycles. The van der Waals surface area contributed by atoms with E-state index in [1.807, 2.05) is 36.4 Å². The van der Waals surface area contributed by atoms with Crippen molar-refractivity contribution in [3.05, 3.63) is 48.0 Å². The number of rotatable bonds is 4. The van der Waals surface area contributed by atoms with Crippen LogP contribution in [0.25, 0.3) is 22.0 Å². The van der Waals surface area contributed by atoms with Crippen LogP contribution in [0, 0.1) is 11.3 Å². The topological polar surface area (TPSA) is 108 Å². The largest absolute Gasteiger partial charge is 0.395 e. The summed E-state index contributed by atoms with van der Waals surface area (Å²) >= 11 is 0. The summed E-state index contributed by atoms with van der Waals surface area (Å²) in [6.45, 7) is 0.379. The van der Waals surface area contributed by atoms with E-state index < -0.39 is 0 Å². The molecule has 6 heteroatoms. The van der Waals surface area contributed by atoms with Crippen LogP contribution in [0.1, 0.15) is 5.56 Å². The molecule has 2 aromatic carbocycles. The third-order valence-corrected chi connectivity index (χ3v) is 3.48. The van der Waals surface area contributed by atoms with Crippen molar-refractivity contribution in [2.45, 2.75) is 0 Å². The Labute approximate surface area is 133 Å². The minimum atomic E-state index is -0.000963. The number of nitrogens with one attached hydrogen (secondary N) is 1. The molecule has 0 aliphatic heterocycles. The Morgan fingerprint density at radius 2 is 2.00 bits per heavy atom. The van der Waals surface area contributed by atoms with Crippen LogP contribution in [0.2, 0.25) is 0 Å². The lowest BCUT2D eigenvalue weighted by Crippen LogP contribution is -2.09. The van der Waals surface area contributed by atoms with Gasteiger partial charge in [-0.05, 0) is 29.3 Å². The van der Waals surface area contributed by atoms with E-state index in [1.54, 1.807) is 6.07 Å². The molecule has 0 bridgehead atoms. The Morgan fingerprint density at radius 3 is 2.78 bits per heavy atom. The highest BCUT2D eigenvalue weighted by molar-refractivity contribution is 5.93. The summed E-state index contributed by atoms with van der Waals surface area (Å²) in [5.74, 6) is 0.741. The van der Waals surface area contributed by atoms with Crippen molar-refractivity contribution in [1.82, 2.24) is 9.97 Å². The average molecular weight is 305 g/mol. The van der Waals surface area contributed by atoms with Crippen molar-refractivity contribution >= 4 is 22.7 Å². The van der Waals surface area contributed by atoms with Gasteiger partial charge in [0.25, 0.3) is 0 Å². The lowest BCUT2D eigenvalue weighted by Gasteiger charge is -2.10. The number of nitrogens with two attached hydrogens (primary N) is 1. The van der Waals surface area contributed by atoms with E-state index in [0.29, 0.717) is 23.4 Å². The first-order chi connectivity index (χ1) is 11.2. The van der Waals surface area contributed by atoms with Crippen molar-refractivity contribution in [2.75, 3.05) is 24.2 Å². The van der Waals surface area contributed by atoms with Gasteiger partial charge in [-0.15, -0.1) is 0 Å². The molecule has 0 aliphatic rings. The molecule has 0 saturated carbocycles. The first kappa shape index (κ1) is 14.8. The number of aliphatic hydroxyl groups excluding tert-OH is 1. The molecule has 0 atom stereocenters.